The number of carbonyl (C=O) groups is 1. The van der Waals surface area contributed by atoms with Crippen molar-refractivity contribution < 1.29 is 4.79 Å². The number of amides is 1. The van der Waals surface area contributed by atoms with Crippen molar-refractivity contribution in [3.05, 3.63) is 55.6 Å². The number of halogens is 1. The average molecular weight is 474 g/mol. The van der Waals surface area contributed by atoms with Gasteiger partial charge in [-0.2, -0.15) is 0 Å². The fourth-order valence-electron chi connectivity index (χ4n) is 3.95. The number of rotatable bonds is 4. The summed E-state index contributed by atoms with van der Waals surface area (Å²) in [6.07, 6.45) is 8.36. The standard InChI is InChI=1S/C23H28BrN3OS/c1-5-14(2)18(24)12-22-25-19(13-20(26(22)4)16-6-7-16)23(28)27-10-8-21-17(15(27)3)9-11-29-21/h9,11-13,15-16H,5-8,10H2,1-4H3/b18-14+,22-12-. The third kappa shape index (κ3) is 4.02. The molecule has 0 aromatic carbocycles. The summed E-state index contributed by atoms with van der Waals surface area (Å²) in [6, 6.07) is 2.26. The maximum absolute atomic E-state index is 13.5. The smallest absolute Gasteiger partial charge is 0.273 e. The van der Waals surface area contributed by atoms with E-state index in [-0.39, 0.29) is 11.9 Å². The minimum atomic E-state index is 0.0406. The van der Waals surface area contributed by atoms with E-state index in [1.165, 1.54) is 34.6 Å². The van der Waals surface area contributed by atoms with Crippen LogP contribution in [0, 0.1) is 5.92 Å². The van der Waals surface area contributed by atoms with Crippen molar-refractivity contribution >= 4 is 38.9 Å². The first-order chi connectivity index (χ1) is 13.9. The van der Waals surface area contributed by atoms with Gasteiger partial charge in [-0.15, -0.1) is 11.3 Å². The first-order valence-corrected chi connectivity index (χ1v) is 12.1. The lowest BCUT2D eigenvalue weighted by molar-refractivity contribution is -0.126. The maximum atomic E-state index is 13.5. The normalized spacial score (nSPS) is 24.2. The highest BCUT2D eigenvalue weighted by molar-refractivity contribution is 9.11. The van der Waals surface area contributed by atoms with Crippen molar-refractivity contribution in [3.63, 3.8) is 0 Å². The third-order valence-corrected chi connectivity index (χ3v) is 8.10. The Morgan fingerprint density at radius 2 is 2.17 bits per heavy atom. The van der Waals surface area contributed by atoms with Gasteiger partial charge < -0.3 is 9.80 Å². The van der Waals surface area contributed by atoms with E-state index in [9.17, 15) is 4.79 Å². The van der Waals surface area contributed by atoms with Gasteiger partial charge in [0.25, 0.3) is 5.91 Å². The fourth-order valence-corrected chi connectivity index (χ4v) is 5.40. The lowest BCUT2D eigenvalue weighted by Crippen LogP contribution is -2.43. The largest absolute Gasteiger partial charge is 0.333 e. The van der Waals surface area contributed by atoms with Gasteiger partial charge in [0, 0.05) is 28.6 Å². The van der Waals surface area contributed by atoms with Gasteiger partial charge in [0.2, 0.25) is 0 Å². The predicted molar refractivity (Wildman–Crippen MR) is 124 cm³/mol. The SMILES string of the molecule is CC/C(C)=C(Br)\C=C1\N=C(C(=O)N2CCc3sccc3C2C)C=C(C2CC2)N1C. The number of thiophene rings is 1. The van der Waals surface area contributed by atoms with Gasteiger partial charge in [0.05, 0.1) is 6.04 Å². The molecule has 154 valence electrons. The van der Waals surface area contributed by atoms with Crippen molar-refractivity contribution in [2.45, 2.75) is 52.5 Å². The molecule has 0 spiro atoms. The van der Waals surface area contributed by atoms with Crippen molar-refractivity contribution in [2.75, 3.05) is 13.6 Å². The first kappa shape index (κ1) is 20.6. The van der Waals surface area contributed by atoms with Crippen LogP contribution >= 0.6 is 27.3 Å². The Kier molecular flexibility index (Phi) is 5.85. The molecule has 0 N–H and O–H groups in total. The molecular weight excluding hydrogens is 446 g/mol. The Morgan fingerprint density at radius 1 is 1.41 bits per heavy atom. The van der Waals surface area contributed by atoms with Gasteiger partial charge in [0.15, 0.2) is 0 Å². The van der Waals surface area contributed by atoms with E-state index in [0.717, 1.165) is 29.7 Å². The van der Waals surface area contributed by atoms with Crippen LogP contribution in [0.3, 0.4) is 0 Å². The van der Waals surface area contributed by atoms with Gasteiger partial charge in [-0.3, -0.25) is 4.79 Å². The monoisotopic (exact) mass is 473 g/mol. The maximum Gasteiger partial charge on any atom is 0.273 e. The summed E-state index contributed by atoms with van der Waals surface area (Å²) in [5.41, 5.74) is 4.34. The summed E-state index contributed by atoms with van der Waals surface area (Å²) < 4.78 is 1.05. The van der Waals surface area contributed by atoms with Crippen LogP contribution in [-0.2, 0) is 11.2 Å². The predicted octanol–water partition coefficient (Wildman–Crippen LogP) is 5.79. The molecule has 4 rings (SSSR count). The topological polar surface area (TPSA) is 35.9 Å². The number of hydrogen-bond acceptors (Lipinski definition) is 4. The summed E-state index contributed by atoms with van der Waals surface area (Å²) in [5, 5.41) is 2.13. The number of fused-ring (bicyclic) bond motifs is 1. The van der Waals surface area contributed by atoms with E-state index in [0.29, 0.717) is 11.6 Å². The molecule has 0 bridgehead atoms. The van der Waals surface area contributed by atoms with Crippen LogP contribution in [0.4, 0.5) is 0 Å². The second-order valence-electron chi connectivity index (χ2n) is 8.11. The molecule has 1 amide bonds. The van der Waals surface area contributed by atoms with Crippen LogP contribution in [0.25, 0.3) is 0 Å². The van der Waals surface area contributed by atoms with E-state index in [2.05, 4.69) is 66.2 Å². The molecule has 1 aromatic rings. The number of hydrogen-bond donors (Lipinski definition) is 0. The summed E-state index contributed by atoms with van der Waals surface area (Å²) in [5.74, 6) is 1.41. The van der Waals surface area contributed by atoms with Crippen LogP contribution in [0.5, 0.6) is 0 Å². The minimum Gasteiger partial charge on any atom is -0.333 e. The summed E-state index contributed by atoms with van der Waals surface area (Å²) in [7, 11) is 2.06. The molecule has 1 unspecified atom stereocenters. The highest BCUT2D eigenvalue weighted by Crippen LogP contribution is 2.41. The van der Waals surface area contributed by atoms with Gasteiger partial charge in [-0.25, -0.2) is 4.99 Å². The Labute approximate surface area is 185 Å². The van der Waals surface area contributed by atoms with Crippen molar-refractivity contribution in [2.24, 2.45) is 10.9 Å². The third-order valence-electron chi connectivity index (χ3n) is 6.20. The molecule has 3 aliphatic rings. The number of aliphatic imine (C=N–C) groups is 1. The molecule has 0 radical (unpaired) electrons. The molecular formula is C23H28BrN3OS. The van der Waals surface area contributed by atoms with Crippen LogP contribution in [0.15, 0.2) is 50.2 Å². The highest BCUT2D eigenvalue weighted by Gasteiger charge is 2.35. The molecule has 1 atom stereocenters. The molecule has 4 nitrogen and oxygen atoms in total. The molecule has 1 aromatic heterocycles. The van der Waals surface area contributed by atoms with E-state index >= 15 is 0 Å². The fraction of sp³-hybridized carbons (Fsp3) is 0.478. The zero-order chi connectivity index (χ0) is 20.7. The van der Waals surface area contributed by atoms with Gasteiger partial charge in [0.1, 0.15) is 11.5 Å². The molecule has 29 heavy (non-hydrogen) atoms. The Balaban J connectivity index is 1.68. The van der Waals surface area contributed by atoms with Crippen molar-refractivity contribution in [3.8, 4) is 0 Å². The van der Waals surface area contributed by atoms with Crippen LogP contribution in [-0.4, -0.2) is 35.0 Å². The average Bonchev–Trinajstić information content (AvgIpc) is 3.44. The summed E-state index contributed by atoms with van der Waals surface area (Å²) >= 11 is 5.49. The van der Waals surface area contributed by atoms with E-state index in [1.54, 1.807) is 11.3 Å². The lowest BCUT2D eigenvalue weighted by atomic mass is 10.0. The Bertz CT molecular complexity index is 951. The molecule has 1 saturated carbocycles. The summed E-state index contributed by atoms with van der Waals surface area (Å²) in [6.45, 7) is 7.14. The zero-order valence-electron chi connectivity index (χ0n) is 17.5. The van der Waals surface area contributed by atoms with Gasteiger partial charge >= 0.3 is 0 Å². The molecule has 0 saturated heterocycles. The zero-order valence-corrected chi connectivity index (χ0v) is 19.9. The van der Waals surface area contributed by atoms with Gasteiger partial charge in [-0.05, 0) is 74.6 Å². The van der Waals surface area contributed by atoms with Crippen LogP contribution in [0.2, 0.25) is 0 Å². The number of allylic oxidation sites excluding steroid dienone is 4. The number of nitrogens with zero attached hydrogens (tertiary/aromatic N) is 3. The first-order valence-electron chi connectivity index (χ1n) is 10.4. The Morgan fingerprint density at radius 3 is 2.86 bits per heavy atom. The minimum absolute atomic E-state index is 0.0406. The molecule has 6 heteroatoms. The second-order valence-corrected chi connectivity index (χ2v) is 9.96. The second kappa shape index (κ2) is 8.23. The summed E-state index contributed by atoms with van der Waals surface area (Å²) in [4.78, 5) is 23.8. The molecule has 1 fully saturated rings. The lowest BCUT2D eigenvalue weighted by Gasteiger charge is -2.35. The van der Waals surface area contributed by atoms with E-state index in [1.807, 2.05) is 11.0 Å². The van der Waals surface area contributed by atoms with Crippen molar-refractivity contribution in [1.29, 1.82) is 0 Å². The highest BCUT2D eigenvalue weighted by atomic mass is 79.9. The molecule has 2 aliphatic heterocycles. The Hall–Kier alpha value is -1.66. The van der Waals surface area contributed by atoms with Crippen molar-refractivity contribution in [1.82, 2.24) is 9.80 Å². The van der Waals surface area contributed by atoms with E-state index in [4.69, 9.17) is 4.99 Å². The van der Waals surface area contributed by atoms with Gasteiger partial charge in [-0.1, -0.05) is 28.4 Å². The molecule has 1 aliphatic carbocycles. The van der Waals surface area contributed by atoms with Crippen LogP contribution in [0.1, 0.15) is 56.5 Å². The quantitative estimate of drug-likeness (QED) is 0.554. The van der Waals surface area contributed by atoms with E-state index < -0.39 is 0 Å². The molecule has 3 heterocycles. The number of carbonyl (C=O) groups excluding carboxylic acids is 1. The van der Waals surface area contributed by atoms with Crippen LogP contribution < -0.4 is 0 Å².